The quantitative estimate of drug-likeness (QED) is 0.306. The van der Waals surface area contributed by atoms with Crippen LogP contribution < -0.4 is 4.74 Å². The lowest BCUT2D eigenvalue weighted by atomic mass is 10.2. The third-order valence-corrected chi connectivity index (χ3v) is 1.51. The molecule has 1 aromatic rings. The van der Waals surface area contributed by atoms with Gasteiger partial charge in [0, 0.05) is 11.6 Å². The van der Waals surface area contributed by atoms with Crippen LogP contribution in [-0.4, -0.2) is 5.97 Å². The minimum atomic E-state index is -0.459. The molecule has 0 atom stereocenters. The number of carbonyl (C=O) groups is 1. The lowest BCUT2D eigenvalue weighted by Gasteiger charge is -1.99. The number of carbonyl (C=O) groups excluding carboxylic acids is 1. The van der Waals surface area contributed by atoms with Crippen LogP contribution in [0.5, 0.6) is 5.75 Å². The fourth-order valence-corrected chi connectivity index (χ4v) is 0.908. The van der Waals surface area contributed by atoms with Crippen LogP contribution in [0.4, 0.5) is 0 Å². The van der Waals surface area contributed by atoms with Crippen molar-refractivity contribution in [3.63, 3.8) is 0 Å². The number of esters is 1. The number of ether oxygens (including phenoxy) is 1. The van der Waals surface area contributed by atoms with Gasteiger partial charge in [0.25, 0.3) is 0 Å². The number of hydrogen-bond donors (Lipinski definition) is 0. The summed E-state index contributed by atoms with van der Waals surface area (Å²) in [6, 6.07) is 6.98. The number of benzene rings is 1. The summed E-state index contributed by atoms with van der Waals surface area (Å²) in [6.07, 6.45) is 1.12. The second kappa shape index (κ2) is 4.88. The van der Waals surface area contributed by atoms with Gasteiger partial charge in [-0.3, -0.25) is 0 Å². The van der Waals surface area contributed by atoms with E-state index in [1.54, 1.807) is 31.2 Å². The Morgan fingerprint density at radius 2 is 2.07 bits per heavy atom. The maximum absolute atomic E-state index is 10.8. The second-order valence-electron chi connectivity index (χ2n) is 2.52. The molecule has 70 valence electrons. The van der Waals surface area contributed by atoms with Crippen molar-refractivity contribution in [3.8, 4) is 17.6 Å². The molecule has 0 N–H and O–H groups in total. The zero-order valence-electron chi connectivity index (χ0n) is 7.91. The number of hydrogen-bond acceptors (Lipinski definition) is 2. The summed E-state index contributed by atoms with van der Waals surface area (Å²) < 4.78 is 4.89. The third kappa shape index (κ3) is 2.80. The Labute approximate surface area is 83.2 Å². The van der Waals surface area contributed by atoms with E-state index in [9.17, 15) is 4.79 Å². The first-order chi connectivity index (χ1) is 6.76. The molecule has 14 heavy (non-hydrogen) atoms. The Kier molecular flexibility index (Phi) is 3.51. The van der Waals surface area contributed by atoms with Crippen LogP contribution in [-0.2, 0) is 4.79 Å². The standard InChI is InChI=1S/C12H10O2/c1-3-5-10-6-8-11(9-7-10)14-12(13)4-2/h4,6-9H,2H2,1H3. The summed E-state index contributed by atoms with van der Waals surface area (Å²) in [7, 11) is 0. The van der Waals surface area contributed by atoms with Crippen LogP contribution in [0.3, 0.4) is 0 Å². The fourth-order valence-electron chi connectivity index (χ4n) is 0.908. The maximum atomic E-state index is 10.8. The van der Waals surface area contributed by atoms with E-state index in [2.05, 4.69) is 18.4 Å². The van der Waals surface area contributed by atoms with E-state index in [1.165, 1.54) is 0 Å². The van der Waals surface area contributed by atoms with Crippen LogP contribution in [0.2, 0.25) is 0 Å². The maximum Gasteiger partial charge on any atom is 0.335 e. The highest BCUT2D eigenvalue weighted by molar-refractivity contribution is 5.83. The van der Waals surface area contributed by atoms with Crippen molar-refractivity contribution in [2.45, 2.75) is 6.92 Å². The normalized spacial score (nSPS) is 8.36. The molecule has 0 unspecified atom stereocenters. The molecular weight excluding hydrogens is 176 g/mol. The molecule has 0 aromatic heterocycles. The first-order valence-electron chi connectivity index (χ1n) is 4.13. The largest absolute Gasteiger partial charge is 0.423 e. The average Bonchev–Trinajstić information content (AvgIpc) is 2.21. The Hall–Kier alpha value is -2.01. The van der Waals surface area contributed by atoms with Gasteiger partial charge in [0.2, 0.25) is 0 Å². The Morgan fingerprint density at radius 3 is 2.57 bits per heavy atom. The highest BCUT2D eigenvalue weighted by atomic mass is 16.5. The highest BCUT2D eigenvalue weighted by Crippen LogP contribution is 2.11. The molecule has 0 aliphatic rings. The molecule has 0 aliphatic heterocycles. The Morgan fingerprint density at radius 1 is 1.43 bits per heavy atom. The van der Waals surface area contributed by atoms with Gasteiger partial charge in [-0.15, -0.1) is 5.92 Å². The predicted molar refractivity (Wildman–Crippen MR) is 54.8 cm³/mol. The van der Waals surface area contributed by atoms with Crippen LogP contribution in [0, 0.1) is 11.8 Å². The summed E-state index contributed by atoms with van der Waals surface area (Å²) >= 11 is 0. The van der Waals surface area contributed by atoms with E-state index >= 15 is 0 Å². The van der Waals surface area contributed by atoms with E-state index in [0.717, 1.165) is 11.6 Å². The van der Waals surface area contributed by atoms with Crippen LogP contribution in [0.1, 0.15) is 12.5 Å². The molecule has 2 nitrogen and oxygen atoms in total. The van der Waals surface area contributed by atoms with Crippen molar-refractivity contribution in [2.75, 3.05) is 0 Å². The topological polar surface area (TPSA) is 26.3 Å². The molecule has 0 heterocycles. The van der Waals surface area contributed by atoms with Gasteiger partial charge in [0.05, 0.1) is 0 Å². The molecule has 0 fully saturated rings. The van der Waals surface area contributed by atoms with Crippen LogP contribution >= 0.6 is 0 Å². The van der Waals surface area contributed by atoms with E-state index in [0.29, 0.717) is 5.75 Å². The smallest absolute Gasteiger partial charge is 0.335 e. The molecule has 0 aliphatic carbocycles. The molecule has 0 bridgehead atoms. The molecule has 0 amide bonds. The van der Waals surface area contributed by atoms with Gasteiger partial charge >= 0.3 is 5.97 Å². The monoisotopic (exact) mass is 186 g/mol. The van der Waals surface area contributed by atoms with Gasteiger partial charge in [-0.1, -0.05) is 12.5 Å². The molecular formula is C12H10O2. The van der Waals surface area contributed by atoms with E-state index in [-0.39, 0.29) is 0 Å². The van der Waals surface area contributed by atoms with Gasteiger partial charge in [-0.05, 0) is 31.2 Å². The van der Waals surface area contributed by atoms with Crippen molar-refractivity contribution in [1.82, 2.24) is 0 Å². The summed E-state index contributed by atoms with van der Waals surface area (Å²) in [5.41, 5.74) is 0.894. The molecule has 0 saturated carbocycles. The third-order valence-electron chi connectivity index (χ3n) is 1.51. The zero-order chi connectivity index (χ0) is 10.4. The molecule has 0 radical (unpaired) electrons. The average molecular weight is 186 g/mol. The van der Waals surface area contributed by atoms with Gasteiger partial charge in [-0.25, -0.2) is 4.79 Å². The van der Waals surface area contributed by atoms with Crippen molar-refractivity contribution >= 4 is 5.97 Å². The summed E-state index contributed by atoms with van der Waals surface area (Å²) in [4.78, 5) is 10.8. The predicted octanol–water partition coefficient (Wildman–Crippen LogP) is 2.15. The highest BCUT2D eigenvalue weighted by Gasteiger charge is 1.98. The summed E-state index contributed by atoms with van der Waals surface area (Å²) in [6.45, 7) is 5.08. The summed E-state index contributed by atoms with van der Waals surface area (Å²) in [5, 5.41) is 0. The van der Waals surface area contributed by atoms with Crippen molar-refractivity contribution in [1.29, 1.82) is 0 Å². The molecule has 1 rings (SSSR count). The number of rotatable bonds is 2. The van der Waals surface area contributed by atoms with Gasteiger partial charge in [0.1, 0.15) is 5.75 Å². The Bertz CT molecular complexity index is 391. The minimum Gasteiger partial charge on any atom is -0.423 e. The first-order valence-corrected chi connectivity index (χ1v) is 4.13. The zero-order valence-corrected chi connectivity index (χ0v) is 7.91. The van der Waals surface area contributed by atoms with Gasteiger partial charge in [0.15, 0.2) is 0 Å². The van der Waals surface area contributed by atoms with Crippen molar-refractivity contribution in [3.05, 3.63) is 42.5 Å². The van der Waals surface area contributed by atoms with E-state index in [4.69, 9.17) is 4.74 Å². The lowest BCUT2D eigenvalue weighted by molar-refractivity contribution is -0.128. The lowest BCUT2D eigenvalue weighted by Crippen LogP contribution is -2.02. The fraction of sp³-hybridized carbons (Fsp3) is 0.0833. The van der Waals surface area contributed by atoms with Gasteiger partial charge in [-0.2, -0.15) is 0 Å². The van der Waals surface area contributed by atoms with Crippen LogP contribution in [0.15, 0.2) is 36.9 Å². The van der Waals surface area contributed by atoms with Crippen molar-refractivity contribution in [2.24, 2.45) is 0 Å². The van der Waals surface area contributed by atoms with E-state index < -0.39 is 5.97 Å². The van der Waals surface area contributed by atoms with E-state index in [1.807, 2.05) is 0 Å². The minimum absolute atomic E-state index is 0.459. The molecule has 0 spiro atoms. The Balaban J connectivity index is 2.76. The first kappa shape index (κ1) is 10.1. The molecule has 2 heteroatoms. The van der Waals surface area contributed by atoms with Crippen molar-refractivity contribution < 1.29 is 9.53 Å². The van der Waals surface area contributed by atoms with Gasteiger partial charge < -0.3 is 4.74 Å². The SMILES string of the molecule is C=CC(=O)Oc1ccc(C#CC)cc1. The second-order valence-corrected chi connectivity index (χ2v) is 2.52. The molecule has 0 saturated heterocycles. The molecule has 1 aromatic carbocycles. The van der Waals surface area contributed by atoms with Crippen LogP contribution in [0.25, 0.3) is 0 Å². The summed E-state index contributed by atoms with van der Waals surface area (Å²) in [5.74, 6) is 5.71.